The van der Waals surface area contributed by atoms with Crippen LogP contribution >= 0.6 is 0 Å². The van der Waals surface area contributed by atoms with Crippen molar-refractivity contribution in [2.75, 3.05) is 0 Å². The van der Waals surface area contributed by atoms with Crippen LogP contribution in [-0.4, -0.2) is 17.6 Å². The van der Waals surface area contributed by atoms with Crippen LogP contribution in [0, 0.1) is 10.8 Å². The zero-order valence-corrected chi connectivity index (χ0v) is 9.81. The monoisotopic (exact) mass is 190 g/mol. The fraction of sp³-hybridized carbons (Fsp3) is 1.00. The van der Waals surface area contributed by atoms with E-state index < -0.39 is 0 Å². The number of rotatable bonds is 1. The highest BCUT2D eigenvalue weighted by atomic mass is 16.0. The summed E-state index contributed by atoms with van der Waals surface area (Å²) < 4.78 is 0. The number of hydrogen-bond acceptors (Lipinski definition) is 2. The van der Waals surface area contributed by atoms with Crippen molar-refractivity contribution in [3.8, 4) is 0 Å². The van der Waals surface area contributed by atoms with Crippen molar-refractivity contribution >= 4 is 0 Å². The summed E-state index contributed by atoms with van der Waals surface area (Å²) in [5.41, 5.74) is 12.3. The second kappa shape index (κ2) is 4.40. The minimum atomic E-state index is 0. The minimum absolute atomic E-state index is 0. The van der Waals surface area contributed by atoms with E-state index in [1.807, 2.05) is 0 Å². The molecule has 0 amide bonds. The van der Waals surface area contributed by atoms with Crippen molar-refractivity contribution in [3.63, 3.8) is 0 Å². The average Bonchev–Trinajstić information content (AvgIpc) is 1.80. The first-order valence-electron chi connectivity index (χ1n) is 4.58. The Balaban J connectivity index is 0. The summed E-state index contributed by atoms with van der Waals surface area (Å²) in [5.74, 6) is 0. The Hall–Kier alpha value is -0.120. The van der Waals surface area contributed by atoms with Crippen molar-refractivity contribution in [2.45, 2.75) is 53.6 Å². The second-order valence-electron chi connectivity index (χ2n) is 5.78. The first-order chi connectivity index (χ1) is 5.07. The van der Waals surface area contributed by atoms with E-state index in [0.29, 0.717) is 0 Å². The molecule has 0 aromatic carbocycles. The van der Waals surface area contributed by atoms with Gasteiger partial charge in [-0.3, -0.25) is 0 Å². The van der Waals surface area contributed by atoms with Gasteiger partial charge in [-0.2, -0.15) is 0 Å². The van der Waals surface area contributed by atoms with Crippen LogP contribution in [-0.2, 0) is 0 Å². The molecule has 0 aliphatic rings. The van der Waals surface area contributed by atoms with Crippen LogP contribution in [0.2, 0.25) is 0 Å². The van der Waals surface area contributed by atoms with Gasteiger partial charge >= 0.3 is 0 Å². The van der Waals surface area contributed by atoms with E-state index in [-0.39, 0.29) is 28.4 Å². The third-order valence-corrected chi connectivity index (χ3v) is 2.39. The van der Waals surface area contributed by atoms with Gasteiger partial charge < -0.3 is 16.9 Å². The van der Waals surface area contributed by atoms with Crippen LogP contribution in [0.4, 0.5) is 0 Å². The molecular formula is C10H26N2O. The molecule has 3 heteroatoms. The highest BCUT2D eigenvalue weighted by molar-refractivity contribution is 4.92. The summed E-state index contributed by atoms with van der Waals surface area (Å²) >= 11 is 0. The summed E-state index contributed by atoms with van der Waals surface area (Å²) in [4.78, 5) is 0. The molecule has 3 nitrogen and oxygen atoms in total. The number of hydrogen-bond donors (Lipinski definition) is 2. The van der Waals surface area contributed by atoms with Crippen LogP contribution in [0.25, 0.3) is 0 Å². The van der Waals surface area contributed by atoms with Gasteiger partial charge in [0.05, 0.1) is 0 Å². The molecule has 0 spiro atoms. The van der Waals surface area contributed by atoms with Gasteiger partial charge in [0.15, 0.2) is 0 Å². The molecule has 0 saturated heterocycles. The van der Waals surface area contributed by atoms with Crippen LogP contribution in [0.1, 0.15) is 41.5 Å². The molecule has 2 atom stereocenters. The topological polar surface area (TPSA) is 83.5 Å². The number of nitrogens with two attached hydrogens (primary N) is 2. The van der Waals surface area contributed by atoms with Crippen molar-refractivity contribution in [2.24, 2.45) is 22.3 Å². The van der Waals surface area contributed by atoms with Crippen molar-refractivity contribution in [1.82, 2.24) is 0 Å². The molecule has 0 rings (SSSR count). The molecule has 0 fully saturated rings. The lowest BCUT2D eigenvalue weighted by molar-refractivity contribution is 0.192. The molecule has 0 aliphatic carbocycles. The van der Waals surface area contributed by atoms with Crippen LogP contribution < -0.4 is 11.5 Å². The Kier molecular flexibility index (Phi) is 5.20. The second-order valence-corrected chi connectivity index (χ2v) is 5.78. The van der Waals surface area contributed by atoms with Gasteiger partial charge in [-0.05, 0) is 10.8 Å². The summed E-state index contributed by atoms with van der Waals surface area (Å²) in [7, 11) is 0. The molecule has 2 unspecified atom stereocenters. The van der Waals surface area contributed by atoms with E-state index in [4.69, 9.17) is 11.5 Å². The molecule has 0 saturated carbocycles. The maximum atomic E-state index is 6.06. The average molecular weight is 190 g/mol. The van der Waals surface area contributed by atoms with Gasteiger partial charge in [0.25, 0.3) is 0 Å². The maximum absolute atomic E-state index is 6.06. The van der Waals surface area contributed by atoms with Crippen LogP contribution in [0.3, 0.4) is 0 Å². The van der Waals surface area contributed by atoms with Gasteiger partial charge in [-0.1, -0.05) is 41.5 Å². The van der Waals surface area contributed by atoms with Gasteiger partial charge in [0, 0.05) is 12.1 Å². The molecule has 0 aliphatic heterocycles. The molecule has 0 heterocycles. The van der Waals surface area contributed by atoms with E-state index >= 15 is 0 Å². The first kappa shape index (κ1) is 15.4. The highest BCUT2D eigenvalue weighted by Gasteiger charge is 2.33. The zero-order valence-electron chi connectivity index (χ0n) is 9.81. The standard InChI is InChI=1S/C10H24N2.H2O/c1-9(2,3)7(11)8(12)10(4,5)6;/h7-8H,11-12H2,1-6H3;1H2. The summed E-state index contributed by atoms with van der Waals surface area (Å²) in [5, 5.41) is 0. The summed E-state index contributed by atoms with van der Waals surface area (Å²) in [6, 6.07) is 0.106. The summed E-state index contributed by atoms with van der Waals surface area (Å²) in [6.45, 7) is 12.8. The Bertz CT molecular complexity index is 126. The quantitative estimate of drug-likeness (QED) is 0.644. The van der Waals surface area contributed by atoms with E-state index in [1.165, 1.54) is 0 Å². The van der Waals surface area contributed by atoms with E-state index in [0.717, 1.165) is 0 Å². The first-order valence-corrected chi connectivity index (χ1v) is 4.58. The van der Waals surface area contributed by atoms with Crippen LogP contribution in [0.15, 0.2) is 0 Å². The smallest absolute Gasteiger partial charge is 0.0246 e. The Morgan fingerprint density at radius 3 is 0.923 bits per heavy atom. The SMILES string of the molecule is CC(C)(C)C(N)C(N)C(C)(C)C.O. The summed E-state index contributed by atoms with van der Waals surface area (Å²) in [6.07, 6.45) is 0. The normalized spacial score (nSPS) is 17.5. The molecular weight excluding hydrogens is 164 g/mol. The van der Waals surface area contributed by atoms with E-state index in [9.17, 15) is 0 Å². The third-order valence-electron chi connectivity index (χ3n) is 2.39. The van der Waals surface area contributed by atoms with Gasteiger partial charge in [-0.15, -0.1) is 0 Å². The maximum Gasteiger partial charge on any atom is 0.0246 e. The van der Waals surface area contributed by atoms with Crippen LogP contribution in [0.5, 0.6) is 0 Å². The predicted octanol–water partition coefficient (Wildman–Crippen LogP) is 0.908. The molecule has 0 bridgehead atoms. The lowest BCUT2D eigenvalue weighted by Crippen LogP contribution is -2.55. The van der Waals surface area contributed by atoms with Gasteiger partial charge in [-0.25, -0.2) is 0 Å². The Morgan fingerprint density at radius 2 is 0.846 bits per heavy atom. The third kappa shape index (κ3) is 4.60. The molecule has 13 heavy (non-hydrogen) atoms. The lowest BCUT2D eigenvalue weighted by atomic mass is 9.74. The molecule has 0 aromatic rings. The van der Waals surface area contributed by atoms with E-state index in [1.54, 1.807) is 0 Å². The highest BCUT2D eigenvalue weighted by Crippen LogP contribution is 2.27. The molecule has 0 radical (unpaired) electrons. The van der Waals surface area contributed by atoms with E-state index in [2.05, 4.69) is 41.5 Å². The molecule has 82 valence electrons. The Morgan fingerprint density at radius 1 is 0.692 bits per heavy atom. The fourth-order valence-corrected chi connectivity index (χ4v) is 1.08. The zero-order chi connectivity index (χ0) is 10.2. The van der Waals surface area contributed by atoms with Gasteiger partial charge in [0.2, 0.25) is 0 Å². The molecule has 0 aromatic heterocycles. The minimum Gasteiger partial charge on any atom is -0.412 e. The lowest BCUT2D eigenvalue weighted by Gasteiger charge is -2.39. The van der Waals surface area contributed by atoms with Crippen molar-refractivity contribution in [3.05, 3.63) is 0 Å². The van der Waals surface area contributed by atoms with Gasteiger partial charge in [0.1, 0.15) is 0 Å². The predicted molar refractivity (Wildman–Crippen MR) is 58.5 cm³/mol. The van der Waals surface area contributed by atoms with Crippen molar-refractivity contribution < 1.29 is 5.48 Å². The largest absolute Gasteiger partial charge is 0.412 e. The van der Waals surface area contributed by atoms with Crippen molar-refractivity contribution in [1.29, 1.82) is 0 Å². The molecule has 6 N–H and O–H groups in total. The fourth-order valence-electron chi connectivity index (χ4n) is 1.08. The Labute approximate surface area is 82.2 Å².